The number of carbonyl (C=O) groups is 1. The zero-order valence-corrected chi connectivity index (χ0v) is 12.7. The van der Waals surface area contributed by atoms with Crippen molar-refractivity contribution in [2.24, 2.45) is 7.05 Å². The molecule has 0 saturated heterocycles. The van der Waals surface area contributed by atoms with Crippen molar-refractivity contribution in [2.45, 2.75) is 0 Å². The molecule has 0 unspecified atom stereocenters. The summed E-state index contributed by atoms with van der Waals surface area (Å²) in [7, 11) is 3.42. The number of methoxy groups -OCH3 is 1. The molecule has 2 aromatic heterocycles. The van der Waals surface area contributed by atoms with E-state index < -0.39 is 5.97 Å². The van der Waals surface area contributed by atoms with Crippen LogP contribution < -0.4 is 4.74 Å². The summed E-state index contributed by atoms with van der Waals surface area (Å²) in [5, 5.41) is 10.00. The summed E-state index contributed by atoms with van der Waals surface area (Å²) in [5.41, 5.74) is 2.13. The third-order valence-electron chi connectivity index (χ3n) is 3.42. The highest BCUT2D eigenvalue weighted by molar-refractivity contribution is 6.03. The predicted octanol–water partition coefficient (Wildman–Crippen LogP) is 2.85. The molecule has 0 amide bonds. The molecular weight excluding hydrogens is 294 g/mol. The van der Waals surface area contributed by atoms with E-state index in [1.165, 1.54) is 0 Å². The van der Waals surface area contributed by atoms with Crippen LogP contribution in [0.15, 0.2) is 36.8 Å². The van der Waals surface area contributed by atoms with E-state index >= 15 is 0 Å². The Kier molecular flexibility index (Phi) is 3.80. The lowest BCUT2D eigenvalue weighted by Gasteiger charge is -2.06. The van der Waals surface area contributed by atoms with Crippen LogP contribution in [-0.4, -0.2) is 32.7 Å². The second-order valence-electron chi connectivity index (χ2n) is 5.08. The predicted molar refractivity (Wildman–Crippen MR) is 87.4 cm³/mol. The highest BCUT2D eigenvalue weighted by atomic mass is 16.5. The van der Waals surface area contributed by atoms with Crippen LogP contribution in [0.5, 0.6) is 5.75 Å². The quantitative estimate of drug-likeness (QED) is 0.802. The van der Waals surface area contributed by atoms with Gasteiger partial charge in [-0.25, -0.2) is 14.8 Å². The van der Waals surface area contributed by atoms with Gasteiger partial charge in [-0.1, -0.05) is 0 Å². The second kappa shape index (κ2) is 5.92. The van der Waals surface area contributed by atoms with Crippen LogP contribution in [0.25, 0.3) is 23.1 Å². The van der Waals surface area contributed by atoms with Crippen LogP contribution in [0, 0.1) is 0 Å². The van der Waals surface area contributed by atoms with Crippen molar-refractivity contribution in [3.8, 4) is 5.75 Å². The Balaban J connectivity index is 2.08. The Morgan fingerprint density at radius 2 is 2.04 bits per heavy atom. The van der Waals surface area contributed by atoms with E-state index in [-0.39, 0.29) is 5.56 Å². The summed E-state index contributed by atoms with van der Waals surface area (Å²) in [6, 6.07) is 6.73. The minimum atomic E-state index is -1.00. The molecule has 116 valence electrons. The number of aromatic nitrogens is 3. The molecular formula is C17H15N3O3. The topological polar surface area (TPSA) is 77.2 Å². The number of imidazole rings is 1. The molecule has 3 rings (SSSR count). The molecule has 2 heterocycles. The maximum atomic E-state index is 11.5. The number of benzene rings is 1. The molecule has 23 heavy (non-hydrogen) atoms. The van der Waals surface area contributed by atoms with Gasteiger partial charge in [-0.15, -0.1) is 0 Å². The van der Waals surface area contributed by atoms with E-state index in [0.717, 1.165) is 5.69 Å². The maximum absolute atomic E-state index is 11.5. The third kappa shape index (κ3) is 3.06. The molecule has 0 aliphatic rings. The van der Waals surface area contributed by atoms with Gasteiger partial charge in [-0.2, -0.15) is 0 Å². The maximum Gasteiger partial charge on any atom is 0.336 e. The van der Waals surface area contributed by atoms with Crippen LogP contribution >= 0.6 is 0 Å². The van der Waals surface area contributed by atoms with Crippen LogP contribution in [0.2, 0.25) is 0 Å². The Morgan fingerprint density at radius 3 is 2.70 bits per heavy atom. The first-order chi connectivity index (χ1) is 11.1. The number of carboxylic acid groups (broad SMARTS) is 1. The van der Waals surface area contributed by atoms with E-state index in [9.17, 15) is 9.90 Å². The van der Waals surface area contributed by atoms with Gasteiger partial charge in [0, 0.05) is 18.6 Å². The van der Waals surface area contributed by atoms with Gasteiger partial charge in [0.25, 0.3) is 0 Å². The summed E-state index contributed by atoms with van der Waals surface area (Å²) in [4.78, 5) is 20.2. The fourth-order valence-electron chi connectivity index (χ4n) is 2.30. The van der Waals surface area contributed by atoms with Crippen molar-refractivity contribution in [3.63, 3.8) is 0 Å². The van der Waals surface area contributed by atoms with Gasteiger partial charge in [0.1, 0.15) is 5.75 Å². The molecule has 0 fully saturated rings. The number of aromatic carboxylic acids is 1. The van der Waals surface area contributed by atoms with Gasteiger partial charge >= 0.3 is 5.97 Å². The number of fused-ring (bicyclic) bond motifs is 1. The Bertz CT molecular complexity index is 913. The van der Waals surface area contributed by atoms with E-state index in [2.05, 4.69) is 9.97 Å². The second-order valence-corrected chi connectivity index (χ2v) is 5.08. The Morgan fingerprint density at radius 1 is 1.26 bits per heavy atom. The lowest BCUT2D eigenvalue weighted by atomic mass is 10.1. The molecule has 0 saturated carbocycles. The van der Waals surface area contributed by atoms with Crippen molar-refractivity contribution in [1.29, 1.82) is 0 Å². The number of carboxylic acids is 1. The van der Waals surface area contributed by atoms with Crippen LogP contribution in [0.3, 0.4) is 0 Å². The first-order valence-corrected chi connectivity index (χ1v) is 6.95. The van der Waals surface area contributed by atoms with Crippen molar-refractivity contribution in [2.75, 3.05) is 7.11 Å². The van der Waals surface area contributed by atoms with Gasteiger partial charge in [-0.05, 0) is 36.4 Å². The highest BCUT2D eigenvalue weighted by Gasteiger charge is 2.12. The number of pyridine rings is 1. The van der Waals surface area contributed by atoms with Gasteiger partial charge in [0.2, 0.25) is 0 Å². The average Bonchev–Trinajstić information content (AvgIpc) is 2.97. The number of rotatable bonds is 4. The van der Waals surface area contributed by atoms with Gasteiger partial charge in [0.15, 0.2) is 0 Å². The number of hydrogen-bond donors (Lipinski definition) is 1. The van der Waals surface area contributed by atoms with Crippen molar-refractivity contribution < 1.29 is 14.6 Å². The lowest BCUT2D eigenvalue weighted by molar-refractivity contribution is 0.0699. The monoisotopic (exact) mass is 309 g/mol. The molecule has 0 atom stereocenters. The van der Waals surface area contributed by atoms with Crippen molar-refractivity contribution >= 4 is 29.0 Å². The molecule has 0 bridgehead atoms. The minimum absolute atomic E-state index is 0.189. The zero-order chi connectivity index (χ0) is 16.4. The molecule has 3 aromatic rings. The number of hydrogen-bond acceptors (Lipinski definition) is 4. The van der Waals surface area contributed by atoms with E-state index in [1.54, 1.807) is 49.9 Å². The Hall–Kier alpha value is -3.15. The number of aryl methyl sites for hydroxylation is 1. The first-order valence-electron chi connectivity index (χ1n) is 6.95. The van der Waals surface area contributed by atoms with Crippen LogP contribution in [0.1, 0.15) is 21.7 Å². The highest BCUT2D eigenvalue weighted by Crippen LogP contribution is 2.24. The van der Waals surface area contributed by atoms with Crippen molar-refractivity contribution in [3.05, 3.63) is 53.7 Å². The zero-order valence-electron chi connectivity index (χ0n) is 12.7. The summed E-state index contributed by atoms with van der Waals surface area (Å²) >= 11 is 0. The van der Waals surface area contributed by atoms with Crippen molar-refractivity contribution in [1.82, 2.24) is 14.5 Å². The van der Waals surface area contributed by atoms with Gasteiger partial charge in [-0.3, -0.25) is 0 Å². The largest absolute Gasteiger partial charge is 0.497 e. The minimum Gasteiger partial charge on any atom is -0.497 e. The normalized spacial score (nSPS) is 11.2. The molecule has 6 heteroatoms. The Labute approximate surface area is 132 Å². The SMILES string of the molecule is COc1ccc2nc(/C=C/c3cn(C)cn3)cc(C(=O)O)c2c1. The standard InChI is InChI=1S/C17H15N3O3/c1-20-9-12(18-10-20)4-3-11-7-15(17(21)22)14-8-13(23-2)5-6-16(14)19-11/h3-10H,1-2H3,(H,21,22)/b4-3+. The first kappa shape index (κ1) is 14.8. The number of ether oxygens (including phenoxy) is 1. The average molecular weight is 309 g/mol. The fraction of sp³-hybridized carbons (Fsp3) is 0.118. The molecule has 6 nitrogen and oxygen atoms in total. The molecule has 1 N–H and O–H groups in total. The van der Waals surface area contributed by atoms with Crippen LogP contribution in [0.4, 0.5) is 0 Å². The van der Waals surface area contributed by atoms with E-state index in [0.29, 0.717) is 22.3 Å². The molecule has 0 spiro atoms. The molecule has 0 aliphatic heterocycles. The fourth-order valence-corrected chi connectivity index (χ4v) is 2.30. The summed E-state index contributed by atoms with van der Waals surface area (Å²) < 4.78 is 6.99. The third-order valence-corrected chi connectivity index (χ3v) is 3.42. The van der Waals surface area contributed by atoms with Crippen LogP contribution in [-0.2, 0) is 7.05 Å². The molecule has 1 aromatic carbocycles. The van der Waals surface area contributed by atoms with E-state index in [4.69, 9.17) is 4.74 Å². The number of nitrogens with zero attached hydrogens (tertiary/aromatic N) is 3. The molecule has 0 radical (unpaired) electrons. The van der Waals surface area contributed by atoms with E-state index in [1.807, 2.05) is 17.8 Å². The summed E-state index contributed by atoms with van der Waals surface area (Å²) in [6.45, 7) is 0. The summed E-state index contributed by atoms with van der Waals surface area (Å²) in [6.07, 6.45) is 7.10. The summed E-state index contributed by atoms with van der Waals surface area (Å²) in [5.74, 6) is -0.406. The molecule has 0 aliphatic carbocycles. The smallest absolute Gasteiger partial charge is 0.336 e. The van der Waals surface area contributed by atoms with Gasteiger partial charge in [0.05, 0.1) is 35.9 Å². The van der Waals surface area contributed by atoms with Gasteiger partial charge < -0.3 is 14.4 Å². The lowest BCUT2D eigenvalue weighted by Crippen LogP contribution is -2.00.